The number of hydrogen-bond donors (Lipinski definition) is 1. The summed E-state index contributed by atoms with van der Waals surface area (Å²) in [5.74, 6) is 0.429. The number of anilines is 1. The number of rotatable bonds is 1. The Hall–Kier alpha value is -1.80. The lowest BCUT2D eigenvalue weighted by molar-refractivity contribution is 0.296. The fourth-order valence-electron chi connectivity index (χ4n) is 2.96. The molecule has 2 heteroatoms. The first-order valence-electron chi connectivity index (χ1n) is 6.77. The Balaban J connectivity index is 2.08. The van der Waals surface area contributed by atoms with Crippen LogP contribution in [-0.4, -0.2) is 18.5 Å². The minimum atomic E-state index is 0.429. The van der Waals surface area contributed by atoms with Gasteiger partial charge in [-0.3, -0.25) is 0 Å². The molecule has 2 N–H and O–H groups in total. The second kappa shape index (κ2) is 4.71. The van der Waals surface area contributed by atoms with Gasteiger partial charge in [0.25, 0.3) is 0 Å². The summed E-state index contributed by atoms with van der Waals surface area (Å²) in [7, 11) is 2.16. The molecule has 98 valence electrons. The molecule has 0 aromatic heterocycles. The van der Waals surface area contributed by atoms with Crippen LogP contribution in [0.5, 0.6) is 0 Å². The van der Waals surface area contributed by atoms with Crippen molar-refractivity contribution in [3.05, 3.63) is 64.7 Å². The highest BCUT2D eigenvalue weighted by atomic mass is 15.1. The van der Waals surface area contributed by atoms with Gasteiger partial charge in [-0.15, -0.1) is 0 Å². The van der Waals surface area contributed by atoms with E-state index in [2.05, 4.69) is 55.3 Å². The lowest BCUT2D eigenvalue weighted by Gasteiger charge is -2.33. The molecule has 3 rings (SSSR count). The summed E-state index contributed by atoms with van der Waals surface area (Å²) in [6, 6.07) is 15.2. The predicted octanol–water partition coefficient (Wildman–Crippen LogP) is 3.15. The summed E-state index contributed by atoms with van der Waals surface area (Å²) in [5.41, 5.74) is 12.4. The lowest BCUT2D eigenvalue weighted by atomic mass is 9.84. The van der Waals surface area contributed by atoms with Crippen LogP contribution in [0.3, 0.4) is 0 Å². The molecule has 1 atom stereocenters. The van der Waals surface area contributed by atoms with E-state index >= 15 is 0 Å². The smallest absolute Gasteiger partial charge is 0.0362 e. The lowest BCUT2D eigenvalue weighted by Crippen LogP contribution is -2.31. The molecule has 0 radical (unpaired) electrons. The molecule has 1 aliphatic rings. The quantitative estimate of drug-likeness (QED) is 0.790. The number of aryl methyl sites for hydroxylation is 1. The van der Waals surface area contributed by atoms with Gasteiger partial charge in [-0.1, -0.05) is 42.0 Å². The third kappa shape index (κ3) is 2.24. The summed E-state index contributed by atoms with van der Waals surface area (Å²) in [4.78, 5) is 2.35. The molecule has 19 heavy (non-hydrogen) atoms. The largest absolute Gasteiger partial charge is 0.398 e. The van der Waals surface area contributed by atoms with Crippen LogP contribution in [-0.2, 0) is 6.54 Å². The second-order valence-corrected chi connectivity index (χ2v) is 5.58. The highest BCUT2D eigenvalue weighted by Crippen LogP contribution is 2.35. The predicted molar refractivity (Wildman–Crippen MR) is 80.2 cm³/mol. The van der Waals surface area contributed by atoms with E-state index in [4.69, 9.17) is 5.73 Å². The Morgan fingerprint density at radius 1 is 1.11 bits per heavy atom. The van der Waals surface area contributed by atoms with E-state index in [-0.39, 0.29) is 0 Å². The van der Waals surface area contributed by atoms with E-state index in [1.807, 2.05) is 6.07 Å². The summed E-state index contributed by atoms with van der Waals surface area (Å²) in [5, 5.41) is 0. The van der Waals surface area contributed by atoms with Gasteiger partial charge in [-0.25, -0.2) is 0 Å². The van der Waals surface area contributed by atoms with Crippen LogP contribution >= 0.6 is 0 Å². The fraction of sp³-hybridized carbons (Fsp3) is 0.294. The van der Waals surface area contributed by atoms with Crippen molar-refractivity contribution in [2.24, 2.45) is 0 Å². The number of likely N-dealkylation sites (N-methyl/N-ethyl adjacent to an activating group) is 1. The molecule has 0 amide bonds. The molecule has 0 saturated heterocycles. The van der Waals surface area contributed by atoms with Gasteiger partial charge >= 0.3 is 0 Å². The van der Waals surface area contributed by atoms with E-state index in [1.54, 1.807) is 0 Å². The summed E-state index contributed by atoms with van der Waals surface area (Å²) in [6.07, 6.45) is 0. The van der Waals surface area contributed by atoms with E-state index in [1.165, 1.54) is 22.3 Å². The van der Waals surface area contributed by atoms with Gasteiger partial charge in [0.05, 0.1) is 0 Å². The van der Waals surface area contributed by atoms with Crippen molar-refractivity contribution in [2.45, 2.75) is 19.4 Å². The maximum atomic E-state index is 6.14. The number of fused-ring (bicyclic) bond motifs is 1. The third-order valence-corrected chi connectivity index (χ3v) is 4.03. The normalized spacial score (nSPS) is 19.2. The minimum absolute atomic E-state index is 0.429. The van der Waals surface area contributed by atoms with Gasteiger partial charge in [-0.2, -0.15) is 0 Å². The number of nitrogen functional groups attached to an aromatic ring is 1. The van der Waals surface area contributed by atoms with Crippen LogP contribution in [0.4, 0.5) is 5.69 Å². The van der Waals surface area contributed by atoms with Crippen LogP contribution in [0.25, 0.3) is 0 Å². The van der Waals surface area contributed by atoms with Crippen molar-refractivity contribution in [1.82, 2.24) is 4.90 Å². The highest BCUT2D eigenvalue weighted by Gasteiger charge is 2.25. The minimum Gasteiger partial charge on any atom is -0.398 e. The third-order valence-electron chi connectivity index (χ3n) is 4.03. The first-order chi connectivity index (χ1) is 9.15. The zero-order valence-corrected chi connectivity index (χ0v) is 11.6. The Labute approximate surface area is 114 Å². The number of benzene rings is 2. The molecule has 2 nitrogen and oxygen atoms in total. The van der Waals surface area contributed by atoms with E-state index in [9.17, 15) is 0 Å². The molecule has 2 aromatic carbocycles. The monoisotopic (exact) mass is 252 g/mol. The number of hydrogen-bond acceptors (Lipinski definition) is 2. The molecule has 0 saturated carbocycles. The molecule has 2 aromatic rings. The molecule has 0 spiro atoms. The maximum absolute atomic E-state index is 6.14. The second-order valence-electron chi connectivity index (χ2n) is 5.58. The van der Waals surface area contributed by atoms with Crippen molar-refractivity contribution in [1.29, 1.82) is 0 Å². The van der Waals surface area contributed by atoms with Crippen LogP contribution in [0.15, 0.2) is 42.5 Å². The van der Waals surface area contributed by atoms with Gasteiger partial charge in [-0.05, 0) is 36.7 Å². The molecule has 0 aliphatic carbocycles. The van der Waals surface area contributed by atoms with Crippen molar-refractivity contribution >= 4 is 5.69 Å². The zero-order chi connectivity index (χ0) is 13.4. The standard InChI is InChI=1S/C17H20N2/c1-12-6-8-13(9-7-12)15-10-19(2)11-16-14(15)4-3-5-17(16)18/h3-9,15H,10-11,18H2,1-2H3/t15-/m1/s1. The van der Waals surface area contributed by atoms with Crippen molar-refractivity contribution in [3.63, 3.8) is 0 Å². The van der Waals surface area contributed by atoms with Crippen LogP contribution < -0.4 is 5.73 Å². The Bertz CT molecular complexity index is 587. The average Bonchev–Trinajstić information content (AvgIpc) is 2.40. The van der Waals surface area contributed by atoms with Crippen LogP contribution in [0, 0.1) is 6.92 Å². The molecule has 0 unspecified atom stereocenters. The molecule has 0 fully saturated rings. The summed E-state index contributed by atoms with van der Waals surface area (Å²) in [6.45, 7) is 4.13. The molecular formula is C17H20N2. The van der Waals surface area contributed by atoms with E-state index in [0.717, 1.165) is 18.8 Å². The Morgan fingerprint density at radius 3 is 2.58 bits per heavy atom. The first-order valence-corrected chi connectivity index (χ1v) is 6.77. The van der Waals surface area contributed by atoms with Gasteiger partial charge in [0, 0.05) is 24.7 Å². The van der Waals surface area contributed by atoms with Crippen LogP contribution in [0.2, 0.25) is 0 Å². The molecule has 0 bridgehead atoms. The average molecular weight is 252 g/mol. The first kappa shape index (κ1) is 12.2. The van der Waals surface area contributed by atoms with Crippen molar-refractivity contribution in [3.8, 4) is 0 Å². The number of nitrogens with two attached hydrogens (primary N) is 1. The van der Waals surface area contributed by atoms with Gasteiger partial charge < -0.3 is 10.6 Å². The zero-order valence-electron chi connectivity index (χ0n) is 11.6. The number of nitrogens with zero attached hydrogens (tertiary/aromatic N) is 1. The summed E-state index contributed by atoms with van der Waals surface area (Å²) < 4.78 is 0. The fourth-order valence-corrected chi connectivity index (χ4v) is 2.96. The molecule has 1 heterocycles. The van der Waals surface area contributed by atoms with Gasteiger partial charge in [0.1, 0.15) is 0 Å². The van der Waals surface area contributed by atoms with Gasteiger partial charge in [0.2, 0.25) is 0 Å². The maximum Gasteiger partial charge on any atom is 0.0362 e. The van der Waals surface area contributed by atoms with Crippen molar-refractivity contribution in [2.75, 3.05) is 19.3 Å². The van der Waals surface area contributed by atoms with E-state index in [0.29, 0.717) is 5.92 Å². The molecule has 1 aliphatic heterocycles. The summed E-state index contributed by atoms with van der Waals surface area (Å²) >= 11 is 0. The van der Waals surface area contributed by atoms with Crippen molar-refractivity contribution < 1.29 is 0 Å². The Kier molecular flexibility index (Phi) is 3.03. The van der Waals surface area contributed by atoms with Gasteiger partial charge in [0.15, 0.2) is 0 Å². The SMILES string of the molecule is Cc1ccc([C@H]2CN(C)Cc3c(N)cccc32)cc1. The van der Waals surface area contributed by atoms with Crippen LogP contribution in [0.1, 0.15) is 28.2 Å². The Morgan fingerprint density at radius 2 is 1.84 bits per heavy atom. The highest BCUT2D eigenvalue weighted by molar-refractivity contribution is 5.55. The topological polar surface area (TPSA) is 29.3 Å². The van der Waals surface area contributed by atoms with E-state index < -0.39 is 0 Å². The molecular weight excluding hydrogens is 232 g/mol.